The van der Waals surface area contributed by atoms with Crippen molar-refractivity contribution in [1.29, 1.82) is 0 Å². The number of methoxy groups -OCH3 is 2. The summed E-state index contributed by atoms with van der Waals surface area (Å²) in [6, 6.07) is 10.9. The Morgan fingerprint density at radius 3 is 2.44 bits per heavy atom. The maximum atomic E-state index is 12.8. The Bertz CT molecular complexity index is 701. The van der Waals surface area contributed by atoms with Gasteiger partial charge in [-0.1, -0.05) is 19.1 Å². The second-order valence-electron chi connectivity index (χ2n) is 5.70. The summed E-state index contributed by atoms with van der Waals surface area (Å²) < 4.78 is 9.92. The summed E-state index contributed by atoms with van der Waals surface area (Å²) in [5.74, 6) is -0.209. The van der Waals surface area contributed by atoms with Gasteiger partial charge in [-0.3, -0.25) is 14.6 Å². The predicted molar refractivity (Wildman–Crippen MR) is 93.2 cm³/mol. The van der Waals surface area contributed by atoms with Crippen LogP contribution in [0.3, 0.4) is 0 Å². The highest BCUT2D eigenvalue weighted by Gasteiger charge is 2.23. The molecule has 0 spiro atoms. The summed E-state index contributed by atoms with van der Waals surface area (Å²) in [7, 11) is 2.95. The molecule has 132 valence electrons. The number of esters is 1. The van der Waals surface area contributed by atoms with Gasteiger partial charge in [-0.15, -0.1) is 0 Å². The largest absolute Gasteiger partial charge is 0.497 e. The van der Waals surface area contributed by atoms with E-state index in [2.05, 4.69) is 4.98 Å². The molecule has 0 aliphatic heterocycles. The van der Waals surface area contributed by atoms with Gasteiger partial charge in [0.1, 0.15) is 5.75 Å². The Hall–Kier alpha value is -2.89. The lowest BCUT2D eigenvalue weighted by Crippen LogP contribution is -2.36. The van der Waals surface area contributed by atoms with E-state index in [9.17, 15) is 9.59 Å². The van der Waals surface area contributed by atoms with Gasteiger partial charge in [0, 0.05) is 25.5 Å². The molecule has 1 amide bonds. The molecule has 0 aliphatic carbocycles. The summed E-state index contributed by atoms with van der Waals surface area (Å²) in [5, 5.41) is 0. The van der Waals surface area contributed by atoms with Crippen LogP contribution in [-0.2, 0) is 16.1 Å². The van der Waals surface area contributed by atoms with E-state index in [1.54, 1.807) is 37.3 Å². The van der Waals surface area contributed by atoms with Gasteiger partial charge in [-0.25, -0.2) is 0 Å². The summed E-state index contributed by atoms with van der Waals surface area (Å²) in [6.45, 7) is 2.37. The average molecular weight is 342 g/mol. The molecule has 1 atom stereocenters. The number of nitrogens with zero attached hydrogens (tertiary/aromatic N) is 2. The smallest absolute Gasteiger partial charge is 0.310 e. The molecular weight excluding hydrogens is 320 g/mol. The number of pyridine rings is 1. The number of hydrogen-bond acceptors (Lipinski definition) is 5. The minimum absolute atomic E-state index is 0.181. The van der Waals surface area contributed by atoms with Crippen LogP contribution in [0.2, 0.25) is 0 Å². The van der Waals surface area contributed by atoms with E-state index in [-0.39, 0.29) is 18.4 Å². The van der Waals surface area contributed by atoms with Crippen molar-refractivity contribution in [2.45, 2.75) is 13.5 Å². The van der Waals surface area contributed by atoms with Crippen LogP contribution in [0.5, 0.6) is 5.75 Å². The number of rotatable bonds is 7. The number of hydrogen-bond donors (Lipinski definition) is 0. The minimum atomic E-state index is -0.427. The van der Waals surface area contributed by atoms with Crippen molar-refractivity contribution in [3.8, 4) is 5.75 Å². The van der Waals surface area contributed by atoms with Crippen LogP contribution in [0.4, 0.5) is 0 Å². The second kappa shape index (κ2) is 8.82. The zero-order valence-corrected chi connectivity index (χ0v) is 14.6. The van der Waals surface area contributed by atoms with Gasteiger partial charge in [0.15, 0.2) is 0 Å². The molecule has 0 aliphatic rings. The molecule has 0 bridgehead atoms. The fraction of sp³-hybridized carbons (Fsp3) is 0.316. The first-order valence-corrected chi connectivity index (χ1v) is 7.95. The molecule has 0 N–H and O–H groups in total. The average Bonchev–Trinajstić information content (AvgIpc) is 2.67. The van der Waals surface area contributed by atoms with Crippen molar-refractivity contribution >= 4 is 11.9 Å². The first kappa shape index (κ1) is 18.4. The van der Waals surface area contributed by atoms with Gasteiger partial charge >= 0.3 is 5.97 Å². The zero-order chi connectivity index (χ0) is 18.2. The quantitative estimate of drug-likeness (QED) is 0.723. The Morgan fingerprint density at radius 2 is 1.88 bits per heavy atom. The van der Waals surface area contributed by atoms with Crippen LogP contribution in [0, 0.1) is 5.92 Å². The lowest BCUT2D eigenvalue weighted by molar-refractivity contribution is -0.145. The maximum Gasteiger partial charge on any atom is 0.310 e. The summed E-state index contributed by atoms with van der Waals surface area (Å²) >= 11 is 0. The number of aromatic nitrogens is 1. The van der Waals surface area contributed by atoms with Gasteiger partial charge in [-0.05, 0) is 29.8 Å². The van der Waals surface area contributed by atoms with Gasteiger partial charge in [0.05, 0.1) is 25.7 Å². The lowest BCUT2D eigenvalue weighted by Gasteiger charge is -2.25. The molecule has 1 unspecified atom stereocenters. The number of ether oxygens (including phenoxy) is 2. The van der Waals surface area contributed by atoms with Gasteiger partial charge in [0.2, 0.25) is 0 Å². The predicted octanol–water partition coefficient (Wildman–Crippen LogP) is 2.54. The summed E-state index contributed by atoms with van der Waals surface area (Å²) in [4.78, 5) is 30.2. The number of amides is 1. The van der Waals surface area contributed by atoms with Gasteiger partial charge < -0.3 is 14.4 Å². The van der Waals surface area contributed by atoms with E-state index in [0.717, 1.165) is 11.3 Å². The summed E-state index contributed by atoms with van der Waals surface area (Å²) in [5.41, 5.74) is 1.42. The molecule has 0 radical (unpaired) electrons. The van der Waals surface area contributed by atoms with Crippen LogP contribution in [0.25, 0.3) is 0 Å². The third-order valence-corrected chi connectivity index (χ3v) is 3.83. The molecular formula is C19H22N2O4. The first-order chi connectivity index (χ1) is 12.0. The van der Waals surface area contributed by atoms with E-state index in [1.807, 2.05) is 24.3 Å². The molecule has 0 fully saturated rings. The van der Waals surface area contributed by atoms with E-state index in [4.69, 9.17) is 9.47 Å². The number of benzene rings is 1. The highest BCUT2D eigenvalue weighted by Crippen LogP contribution is 2.16. The Morgan fingerprint density at radius 1 is 1.16 bits per heavy atom. The number of carbonyl (C=O) groups excluding carboxylic acids is 2. The number of carbonyl (C=O) groups is 2. The molecule has 1 aromatic heterocycles. The fourth-order valence-corrected chi connectivity index (χ4v) is 2.45. The van der Waals surface area contributed by atoms with Crippen molar-refractivity contribution in [3.05, 3.63) is 59.9 Å². The monoisotopic (exact) mass is 342 g/mol. The molecule has 25 heavy (non-hydrogen) atoms. The van der Waals surface area contributed by atoms with E-state index < -0.39 is 5.92 Å². The van der Waals surface area contributed by atoms with Crippen molar-refractivity contribution in [1.82, 2.24) is 9.88 Å². The van der Waals surface area contributed by atoms with Crippen LogP contribution < -0.4 is 4.74 Å². The van der Waals surface area contributed by atoms with Crippen molar-refractivity contribution < 1.29 is 19.1 Å². The van der Waals surface area contributed by atoms with E-state index in [1.165, 1.54) is 13.3 Å². The Labute approximate surface area is 147 Å². The Kier molecular flexibility index (Phi) is 6.51. The summed E-state index contributed by atoms with van der Waals surface area (Å²) in [6.07, 6.45) is 3.13. The molecule has 2 rings (SSSR count). The molecule has 6 nitrogen and oxygen atoms in total. The molecule has 1 aromatic carbocycles. The van der Waals surface area contributed by atoms with Gasteiger partial charge in [-0.2, -0.15) is 0 Å². The van der Waals surface area contributed by atoms with Crippen molar-refractivity contribution in [2.75, 3.05) is 20.8 Å². The van der Waals surface area contributed by atoms with Crippen LogP contribution in [0.1, 0.15) is 22.8 Å². The SMILES string of the molecule is COC(=O)C(C)CN(Cc1ccc(OC)cc1)C(=O)c1cccnc1. The van der Waals surface area contributed by atoms with Crippen LogP contribution in [0.15, 0.2) is 48.8 Å². The second-order valence-corrected chi connectivity index (χ2v) is 5.70. The molecule has 1 heterocycles. The molecule has 0 saturated carbocycles. The molecule has 2 aromatic rings. The van der Waals surface area contributed by atoms with Crippen LogP contribution >= 0.6 is 0 Å². The molecule has 6 heteroatoms. The lowest BCUT2D eigenvalue weighted by atomic mass is 10.1. The van der Waals surface area contributed by atoms with Crippen molar-refractivity contribution in [2.24, 2.45) is 5.92 Å². The zero-order valence-electron chi connectivity index (χ0n) is 14.6. The van der Waals surface area contributed by atoms with E-state index >= 15 is 0 Å². The highest BCUT2D eigenvalue weighted by atomic mass is 16.5. The van der Waals surface area contributed by atoms with E-state index in [0.29, 0.717) is 12.1 Å². The normalized spacial score (nSPS) is 11.5. The third-order valence-electron chi connectivity index (χ3n) is 3.83. The maximum absolute atomic E-state index is 12.8. The Balaban J connectivity index is 2.21. The third kappa shape index (κ3) is 5.04. The minimum Gasteiger partial charge on any atom is -0.497 e. The topological polar surface area (TPSA) is 68.7 Å². The van der Waals surface area contributed by atoms with Crippen molar-refractivity contribution in [3.63, 3.8) is 0 Å². The standard InChI is InChI=1S/C19H22N2O4/c1-14(19(23)25-3)12-21(18(22)16-5-4-10-20-11-16)13-15-6-8-17(24-2)9-7-15/h4-11,14H,12-13H2,1-3H3. The van der Waals surface area contributed by atoms with Crippen LogP contribution in [-0.4, -0.2) is 42.5 Å². The first-order valence-electron chi connectivity index (χ1n) is 7.95. The van der Waals surface area contributed by atoms with Gasteiger partial charge in [0.25, 0.3) is 5.91 Å². The highest BCUT2D eigenvalue weighted by molar-refractivity contribution is 5.94. The molecule has 0 saturated heterocycles. The fourth-order valence-electron chi connectivity index (χ4n) is 2.45.